The van der Waals surface area contributed by atoms with Crippen molar-refractivity contribution in [1.82, 2.24) is 9.97 Å². The van der Waals surface area contributed by atoms with Crippen LogP contribution < -0.4 is 21.1 Å². The normalized spacial score (nSPS) is 13.7. The van der Waals surface area contributed by atoms with Crippen LogP contribution >= 0.6 is 0 Å². The molecule has 0 saturated heterocycles. The average Bonchev–Trinajstić information content (AvgIpc) is 2.69. The zero-order valence-corrected chi connectivity index (χ0v) is 11.6. The highest BCUT2D eigenvalue weighted by atomic mass is 16.1. The number of rotatable bonds is 2. The molecule has 1 aromatic carbocycles. The number of aromatic amines is 1. The number of nitrogens with zero attached hydrogens (tertiary/aromatic N) is 3. The van der Waals surface area contributed by atoms with Crippen LogP contribution in [0.15, 0.2) is 29.1 Å². The molecule has 3 rings (SSSR count). The molecule has 1 aliphatic heterocycles. The van der Waals surface area contributed by atoms with E-state index in [0.29, 0.717) is 24.7 Å². The van der Waals surface area contributed by atoms with Gasteiger partial charge in [0.05, 0.1) is 6.67 Å². The number of benzene rings is 1. The summed E-state index contributed by atoms with van der Waals surface area (Å²) in [5.41, 5.74) is 8.43. The van der Waals surface area contributed by atoms with E-state index >= 15 is 0 Å². The molecule has 0 bridgehead atoms. The number of H-pyrrole nitrogens is 1. The van der Waals surface area contributed by atoms with Gasteiger partial charge in [-0.15, -0.1) is 0 Å². The topological polar surface area (TPSA) is 78.2 Å². The number of hydrogen-bond acceptors (Lipinski definition) is 5. The predicted molar refractivity (Wildman–Crippen MR) is 79.9 cm³/mol. The highest BCUT2D eigenvalue weighted by molar-refractivity contribution is 5.72. The van der Waals surface area contributed by atoms with Gasteiger partial charge in [0.2, 0.25) is 5.95 Å². The molecule has 0 spiro atoms. The molecule has 2 aromatic rings. The maximum absolute atomic E-state index is 11.9. The Labute approximate surface area is 116 Å². The van der Waals surface area contributed by atoms with Gasteiger partial charge in [0.15, 0.2) is 5.82 Å². The zero-order chi connectivity index (χ0) is 14.3. The summed E-state index contributed by atoms with van der Waals surface area (Å²) in [5.74, 6) is 0.798. The van der Waals surface area contributed by atoms with E-state index in [1.54, 1.807) is 0 Å². The Kier molecular flexibility index (Phi) is 2.85. The number of fused-ring (bicyclic) bond motifs is 1. The van der Waals surface area contributed by atoms with Crippen molar-refractivity contribution in [3.8, 4) is 0 Å². The first-order valence-electron chi connectivity index (χ1n) is 6.46. The molecule has 3 N–H and O–H groups in total. The number of aromatic nitrogens is 2. The van der Waals surface area contributed by atoms with Crippen LogP contribution in [-0.2, 0) is 6.54 Å². The van der Waals surface area contributed by atoms with Gasteiger partial charge < -0.3 is 15.5 Å². The van der Waals surface area contributed by atoms with E-state index in [2.05, 4.69) is 41.2 Å². The van der Waals surface area contributed by atoms with Gasteiger partial charge in [-0.3, -0.25) is 9.78 Å². The highest BCUT2D eigenvalue weighted by Gasteiger charge is 2.28. The van der Waals surface area contributed by atoms with Gasteiger partial charge in [-0.25, -0.2) is 0 Å². The molecule has 6 heteroatoms. The fourth-order valence-electron chi connectivity index (χ4n) is 2.47. The summed E-state index contributed by atoms with van der Waals surface area (Å²) < 4.78 is 0. The van der Waals surface area contributed by atoms with Gasteiger partial charge in [0.25, 0.3) is 5.56 Å². The standard InChI is InChI=1S/C14H17N5O/c1-9-3-5-10(6-4-9)7-19-8-18(2)11-12(19)16-14(15)17-13(11)20/h3-6H,7-8H2,1-2H3,(H3,15,16,17,20). The van der Waals surface area contributed by atoms with Crippen molar-refractivity contribution in [2.75, 3.05) is 29.2 Å². The van der Waals surface area contributed by atoms with Crippen molar-refractivity contribution < 1.29 is 0 Å². The van der Waals surface area contributed by atoms with E-state index in [1.165, 1.54) is 11.1 Å². The van der Waals surface area contributed by atoms with Gasteiger partial charge in [0, 0.05) is 13.6 Å². The fourth-order valence-corrected chi connectivity index (χ4v) is 2.47. The molecular weight excluding hydrogens is 254 g/mol. The molecule has 0 radical (unpaired) electrons. The summed E-state index contributed by atoms with van der Waals surface area (Å²) in [5, 5.41) is 0. The van der Waals surface area contributed by atoms with Crippen molar-refractivity contribution in [3.63, 3.8) is 0 Å². The molecule has 1 aliphatic rings. The van der Waals surface area contributed by atoms with Crippen LogP contribution in [0.3, 0.4) is 0 Å². The second-order valence-electron chi connectivity index (χ2n) is 5.15. The van der Waals surface area contributed by atoms with Gasteiger partial charge in [-0.1, -0.05) is 29.8 Å². The third-order valence-electron chi connectivity index (χ3n) is 3.45. The molecule has 0 unspecified atom stereocenters. The molecule has 6 nitrogen and oxygen atoms in total. The van der Waals surface area contributed by atoms with Crippen LogP contribution in [0.2, 0.25) is 0 Å². The summed E-state index contributed by atoms with van der Waals surface area (Å²) in [6.07, 6.45) is 0. The second kappa shape index (κ2) is 4.56. The zero-order valence-electron chi connectivity index (χ0n) is 11.6. The van der Waals surface area contributed by atoms with Crippen molar-refractivity contribution in [2.24, 2.45) is 0 Å². The van der Waals surface area contributed by atoms with Gasteiger partial charge in [0.1, 0.15) is 5.69 Å². The minimum Gasteiger partial charge on any atom is -0.369 e. The molecule has 0 atom stereocenters. The lowest BCUT2D eigenvalue weighted by Crippen LogP contribution is -2.28. The van der Waals surface area contributed by atoms with Gasteiger partial charge >= 0.3 is 0 Å². The molecule has 104 valence electrons. The molecule has 1 aromatic heterocycles. The van der Waals surface area contributed by atoms with E-state index in [1.807, 2.05) is 16.8 Å². The summed E-state index contributed by atoms with van der Waals surface area (Å²) >= 11 is 0. The lowest BCUT2D eigenvalue weighted by molar-refractivity contribution is 0.807. The smallest absolute Gasteiger partial charge is 0.278 e. The first-order valence-corrected chi connectivity index (χ1v) is 6.46. The number of nitrogens with one attached hydrogen (secondary N) is 1. The highest BCUT2D eigenvalue weighted by Crippen LogP contribution is 2.30. The maximum Gasteiger partial charge on any atom is 0.278 e. The largest absolute Gasteiger partial charge is 0.369 e. The number of nitrogens with two attached hydrogens (primary N) is 1. The minimum atomic E-state index is -0.193. The van der Waals surface area contributed by atoms with Gasteiger partial charge in [-0.2, -0.15) is 4.98 Å². The van der Waals surface area contributed by atoms with E-state index in [4.69, 9.17) is 5.73 Å². The van der Waals surface area contributed by atoms with Crippen LogP contribution in [-0.4, -0.2) is 23.7 Å². The SMILES string of the molecule is Cc1ccc(CN2CN(C)c3c2nc(N)[nH]c3=O)cc1. The Morgan fingerprint density at radius 3 is 2.75 bits per heavy atom. The molecule has 0 fully saturated rings. The first-order chi connectivity index (χ1) is 9.54. The Morgan fingerprint density at radius 2 is 2.05 bits per heavy atom. The number of nitrogen functional groups attached to an aromatic ring is 1. The Hall–Kier alpha value is -2.50. The van der Waals surface area contributed by atoms with Crippen LogP contribution in [0.1, 0.15) is 11.1 Å². The number of anilines is 3. The first kappa shape index (κ1) is 12.5. The van der Waals surface area contributed by atoms with Crippen LogP contribution in [0, 0.1) is 6.92 Å². The van der Waals surface area contributed by atoms with Gasteiger partial charge in [-0.05, 0) is 12.5 Å². The number of aryl methyl sites for hydroxylation is 1. The minimum absolute atomic E-state index is 0.151. The molecule has 0 aliphatic carbocycles. The molecule has 20 heavy (non-hydrogen) atoms. The molecule has 0 amide bonds. The molecule has 0 saturated carbocycles. The van der Waals surface area contributed by atoms with Crippen molar-refractivity contribution >= 4 is 17.5 Å². The van der Waals surface area contributed by atoms with E-state index < -0.39 is 0 Å². The molecular formula is C14H17N5O. The summed E-state index contributed by atoms with van der Waals surface area (Å²) in [7, 11) is 1.88. The maximum atomic E-state index is 11.9. The monoisotopic (exact) mass is 271 g/mol. The predicted octanol–water partition coefficient (Wildman–Crippen LogP) is 1.07. The second-order valence-corrected chi connectivity index (χ2v) is 5.15. The van der Waals surface area contributed by atoms with E-state index in [-0.39, 0.29) is 11.5 Å². The molecule has 2 heterocycles. The van der Waals surface area contributed by atoms with E-state index in [0.717, 1.165) is 0 Å². The van der Waals surface area contributed by atoms with Crippen molar-refractivity contribution in [2.45, 2.75) is 13.5 Å². The third kappa shape index (κ3) is 2.09. The van der Waals surface area contributed by atoms with E-state index in [9.17, 15) is 4.79 Å². The summed E-state index contributed by atoms with van der Waals surface area (Å²) in [4.78, 5) is 22.7. The lowest BCUT2D eigenvalue weighted by Gasteiger charge is -2.18. The summed E-state index contributed by atoms with van der Waals surface area (Å²) in [6, 6.07) is 8.33. The quantitative estimate of drug-likeness (QED) is 0.854. The number of hydrogen-bond donors (Lipinski definition) is 2. The lowest BCUT2D eigenvalue weighted by atomic mass is 10.1. The summed E-state index contributed by atoms with van der Waals surface area (Å²) in [6.45, 7) is 3.39. The van der Waals surface area contributed by atoms with Crippen molar-refractivity contribution in [3.05, 3.63) is 45.7 Å². The average molecular weight is 271 g/mol. The Morgan fingerprint density at radius 1 is 1.35 bits per heavy atom. The third-order valence-corrected chi connectivity index (χ3v) is 3.45. The Bertz CT molecular complexity index is 692. The van der Waals surface area contributed by atoms with Crippen LogP contribution in [0.5, 0.6) is 0 Å². The van der Waals surface area contributed by atoms with Crippen LogP contribution in [0.4, 0.5) is 17.5 Å². The van der Waals surface area contributed by atoms with Crippen molar-refractivity contribution in [1.29, 1.82) is 0 Å². The Balaban J connectivity index is 1.95. The fraction of sp³-hybridized carbons (Fsp3) is 0.286. The van der Waals surface area contributed by atoms with Crippen LogP contribution in [0.25, 0.3) is 0 Å².